The third-order valence-electron chi connectivity index (χ3n) is 2.70. The monoisotopic (exact) mass is 244 g/mol. The van der Waals surface area contributed by atoms with Gasteiger partial charge < -0.3 is 20.1 Å². The summed E-state index contributed by atoms with van der Waals surface area (Å²) in [5.41, 5.74) is 0. The fourth-order valence-corrected chi connectivity index (χ4v) is 1.79. The zero-order valence-corrected chi connectivity index (χ0v) is 10.3. The van der Waals surface area contributed by atoms with Crippen molar-refractivity contribution in [2.24, 2.45) is 0 Å². The van der Waals surface area contributed by atoms with E-state index in [4.69, 9.17) is 9.84 Å². The third-order valence-corrected chi connectivity index (χ3v) is 2.70. The summed E-state index contributed by atoms with van der Waals surface area (Å²) in [4.78, 5) is 24.3. The van der Waals surface area contributed by atoms with Crippen LogP contribution in [0.5, 0.6) is 0 Å². The lowest BCUT2D eigenvalue weighted by Crippen LogP contribution is -2.52. The quantitative estimate of drug-likeness (QED) is 0.762. The topological polar surface area (TPSA) is 78.9 Å². The number of carboxylic acids is 1. The molecule has 0 aromatic carbocycles. The van der Waals surface area contributed by atoms with Crippen molar-refractivity contribution < 1.29 is 19.4 Å². The number of urea groups is 1. The lowest BCUT2D eigenvalue weighted by molar-refractivity contribution is -0.139. The predicted octanol–water partition coefficient (Wildman–Crippen LogP) is 0.670. The first kappa shape index (κ1) is 13.8. The van der Waals surface area contributed by atoms with Gasteiger partial charge in [-0.05, 0) is 13.3 Å². The van der Waals surface area contributed by atoms with Crippen molar-refractivity contribution in [3.63, 3.8) is 0 Å². The molecule has 0 aliphatic carbocycles. The Balaban J connectivity index is 2.48. The zero-order chi connectivity index (χ0) is 12.8. The van der Waals surface area contributed by atoms with E-state index in [9.17, 15) is 9.59 Å². The lowest BCUT2D eigenvalue weighted by atomic mass is 10.2. The molecule has 98 valence electrons. The second-order valence-corrected chi connectivity index (χ2v) is 4.26. The van der Waals surface area contributed by atoms with Gasteiger partial charge >= 0.3 is 12.0 Å². The van der Waals surface area contributed by atoms with Crippen molar-refractivity contribution >= 4 is 12.0 Å². The summed E-state index contributed by atoms with van der Waals surface area (Å²) in [6.07, 6.45) is 1.17. The van der Waals surface area contributed by atoms with Crippen molar-refractivity contribution in [3.05, 3.63) is 0 Å². The van der Waals surface area contributed by atoms with Crippen LogP contribution in [0.1, 0.15) is 26.7 Å². The number of nitrogens with one attached hydrogen (secondary N) is 1. The highest BCUT2D eigenvalue weighted by atomic mass is 16.5. The molecule has 0 spiro atoms. The Kier molecular flexibility index (Phi) is 5.21. The molecule has 1 aliphatic rings. The normalized spacial score (nSPS) is 22.0. The van der Waals surface area contributed by atoms with Crippen LogP contribution in [-0.2, 0) is 9.53 Å². The van der Waals surface area contributed by atoms with Gasteiger partial charge in [-0.15, -0.1) is 0 Å². The van der Waals surface area contributed by atoms with Crippen LogP contribution in [0.3, 0.4) is 0 Å². The standard InChI is InChI=1S/C11H20N2O4/c1-3-4-9(10(14)15)12-11(16)13-5-6-17-8(2)7-13/h8-9H,3-7H2,1-2H3,(H,12,16)(H,14,15)/t8?,9-/m1/s1. The average Bonchev–Trinajstić information content (AvgIpc) is 2.28. The van der Waals surface area contributed by atoms with Gasteiger partial charge in [0.15, 0.2) is 0 Å². The highest BCUT2D eigenvalue weighted by Crippen LogP contribution is 2.05. The first-order chi connectivity index (χ1) is 8.04. The van der Waals surface area contributed by atoms with Crippen LogP contribution < -0.4 is 5.32 Å². The minimum absolute atomic E-state index is 0.00366. The molecule has 6 heteroatoms. The Morgan fingerprint density at radius 1 is 1.59 bits per heavy atom. The zero-order valence-electron chi connectivity index (χ0n) is 10.3. The van der Waals surface area contributed by atoms with Gasteiger partial charge in [0.25, 0.3) is 0 Å². The maximum Gasteiger partial charge on any atom is 0.326 e. The van der Waals surface area contributed by atoms with E-state index in [1.807, 2.05) is 13.8 Å². The number of carboxylic acid groups (broad SMARTS) is 1. The number of nitrogens with zero attached hydrogens (tertiary/aromatic N) is 1. The number of hydrogen-bond acceptors (Lipinski definition) is 3. The highest BCUT2D eigenvalue weighted by Gasteiger charge is 2.25. The van der Waals surface area contributed by atoms with Crippen molar-refractivity contribution in [1.29, 1.82) is 0 Å². The van der Waals surface area contributed by atoms with Gasteiger partial charge in [-0.2, -0.15) is 0 Å². The molecule has 0 aromatic heterocycles. The molecule has 0 radical (unpaired) electrons. The minimum Gasteiger partial charge on any atom is -0.480 e. The fourth-order valence-electron chi connectivity index (χ4n) is 1.79. The molecule has 1 rings (SSSR count). The molecule has 1 heterocycles. The summed E-state index contributed by atoms with van der Waals surface area (Å²) in [6, 6.07) is -1.12. The molecule has 0 saturated carbocycles. The van der Waals surface area contributed by atoms with Crippen LogP contribution in [-0.4, -0.2) is 53.8 Å². The van der Waals surface area contributed by atoms with Crippen LogP contribution in [0.4, 0.5) is 4.79 Å². The maximum atomic E-state index is 11.8. The molecule has 1 aliphatic heterocycles. The van der Waals surface area contributed by atoms with E-state index in [1.54, 1.807) is 4.90 Å². The highest BCUT2D eigenvalue weighted by molar-refractivity contribution is 5.82. The third kappa shape index (κ3) is 4.22. The van der Waals surface area contributed by atoms with Crippen LogP contribution in [0, 0.1) is 0 Å². The smallest absolute Gasteiger partial charge is 0.326 e. The second-order valence-electron chi connectivity index (χ2n) is 4.26. The summed E-state index contributed by atoms with van der Waals surface area (Å²) in [6.45, 7) is 5.29. The molecule has 6 nitrogen and oxygen atoms in total. The van der Waals surface area contributed by atoms with E-state index in [-0.39, 0.29) is 12.1 Å². The predicted molar refractivity (Wildman–Crippen MR) is 61.9 cm³/mol. The Morgan fingerprint density at radius 3 is 2.82 bits per heavy atom. The van der Waals surface area contributed by atoms with Crippen LogP contribution in [0.15, 0.2) is 0 Å². The molecule has 2 amide bonds. The number of ether oxygens (including phenoxy) is 1. The van der Waals surface area contributed by atoms with Crippen molar-refractivity contribution in [1.82, 2.24) is 10.2 Å². The molecule has 2 N–H and O–H groups in total. The lowest BCUT2D eigenvalue weighted by Gasteiger charge is -2.32. The number of morpholine rings is 1. The number of amides is 2. The van der Waals surface area contributed by atoms with E-state index in [2.05, 4.69) is 5.32 Å². The molecular weight excluding hydrogens is 224 g/mol. The van der Waals surface area contributed by atoms with E-state index in [0.29, 0.717) is 26.1 Å². The first-order valence-corrected chi connectivity index (χ1v) is 5.94. The molecule has 1 fully saturated rings. The summed E-state index contributed by atoms with van der Waals surface area (Å²) in [5.74, 6) is -0.985. The van der Waals surface area contributed by atoms with Crippen LogP contribution in [0.2, 0.25) is 0 Å². The molecule has 1 unspecified atom stereocenters. The van der Waals surface area contributed by atoms with Crippen LogP contribution >= 0.6 is 0 Å². The van der Waals surface area contributed by atoms with E-state index < -0.39 is 12.0 Å². The second kappa shape index (κ2) is 6.44. The largest absolute Gasteiger partial charge is 0.480 e. The Bertz CT molecular complexity index is 283. The Labute approximate surface area is 101 Å². The SMILES string of the molecule is CCC[C@@H](NC(=O)N1CCOC(C)C1)C(=O)O. The van der Waals surface area contributed by atoms with Gasteiger partial charge in [-0.1, -0.05) is 13.3 Å². The molecule has 17 heavy (non-hydrogen) atoms. The van der Waals surface area contributed by atoms with Gasteiger partial charge in [-0.3, -0.25) is 0 Å². The molecule has 0 bridgehead atoms. The summed E-state index contributed by atoms with van der Waals surface area (Å²) in [7, 11) is 0. The Hall–Kier alpha value is -1.30. The van der Waals surface area contributed by atoms with Gasteiger partial charge in [0.1, 0.15) is 6.04 Å². The number of hydrogen-bond donors (Lipinski definition) is 2. The van der Waals surface area contributed by atoms with E-state index in [1.165, 1.54) is 0 Å². The number of carbonyl (C=O) groups excluding carboxylic acids is 1. The molecule has 0 aromatic rings. The van der Waals surface area contributed by atoms with Crippen molar-refractivity contribution in [3.8, 4) is 0 Å². The van der Waals surface area contributed by atoms with Crippen molar-refractivity contribution in [2.45, 2.75) is 38.8 Å². The summed E-state index contributed by atoms with van der Waals surface area (Å²) in [5, 5.41) is 11.5. The Morgan fingerprint density at radius 2 is 2.29 bits per heavy atom. The summed E-state index contributed by atoms with van der Waals surface area (Å²) >= 11 is 0. The number of rotatable bonds is 4. The number of carbonyl (C=O) groups is 2. The fraction of sp³-hybridized carbons (Fsp3) is 0.818. The van der Waals surface area contributed by atoms with Gasteiger partial charge in [0, 0.05) is 13.1 Å². The first-order valence-electron chi connectivity index (χ1n) is 5.94. The van der Waals surface area contributed by atoms with E-state index >= 15 is 0 Å². The van der Waals surface area contributed by atoms with E-state index in [0.717, 1.165) is 6.42 Å². The van der Waals surface area contributed by atoms with Gasteiger partial charge in [0.2, 0.25) is 0 Å². The minimum atomic E-state index is -0.985. The van der Waals surface area contributed by atoms with Crippen LogP contribution in [0.25, 0.3) is 0 Å². The molecule has 2 atom stereocenters. The average molecular weight is 244 g/mol. The summed E-state index contributed by atoms with van der Waals surface area (Å²) < 4.78 is 5.32. The van der Waals surface area contributed by atoms with Gasteiger partial charge in [-0.25, -0.2) is 9.59 Å². The number of aliphatic carboxylic acids is 1. The van der Waals surface area contributed by atoms with Gasteiger partial charge in [0.05, 0.1) is 12.7 Å². The maximum absolute atomic E-state index is 11.8. The van der Waals surface area contributed by atoms with Crippen molar-refractivity contribution in [2.75, 3.05) is 19.7 Å². The molecule has 1 saturated heterocycles. The molecular formula is C11H20N2O4.